The monoisotopic (exact) mass is 440 g/mol. The van der Waals surface area contributed by atoms with Gasteiger partial charge in [-0.25, -0.2) is 0 Å². The molecule has 2 nitrogen and oxygen atoms in total. The molecule has 2 saturated heterocycles. The highest BCUT2D eigenvalue weighted by atomic mass is 16.5. The number of hydrogen-bond donors (Lipinski definition) is 1. The van der Waals surface area contributed by atoms with Crippen molar-refractivity contribution in [2.24, 2.45) is 56.2 Å². The Morgan fingerprint density at radius 2 is 1.47 bits per heavy atom. The first kappa shape index (κ1) is 21.2. The fraction of sp³-hybridized carbons (Fsp3) is 1.00. The summed E-state index contributed by atoms with van der Waals surface area (Å²) in [7, 11) is 0. The molecule has 2 bridgehead atoms. The molecule has 0 radical (unpaired) electrons. The molecule has 2 heteroatoms. The Morgan fingerprint density at radius 3 is 2.22 bits per heavy atom. The lowest BCUT2D eigenvalue weighted by Gasteiger charge is -2.72. The van der Waals surface area contributed by atoms with E-state index in [1.807, 2.05) is 0 Å². The molecule has 0 aromatic rings. The van der Waals surface area contributed by atoms with E-state index in [0.717, 1.165) is 24.2 Å². The predicted octanol–water partition coefficient (Wildman–Crippen LogP) is 6.99. The van der Waals surface area contributed by atoms with Crippen LogP contribution in [0.15, 0.2) is 0 Å². The molecule has 0 aromatic carbocycles. The smallest absolute Gasteiger partial charge is 0.0760 e. The zero-order valence-corrected chi connectivity index (χ0v) is 21.9. The first-order valence-corrected chi connectivity index (χ1v) is 14.1. The Bertz CT molecular complexity index is 876. The van der Waals surface area contributed by atoms with Gasteiger partial charge in [0, 0.05) is 5.41 Å². The number of ether oxygens (including phenoxy) is 1. The van der Waals surface area contributed by atoms with Crippen LogP contribution < -0.4 is 0 Å². The minimum Gasteiger partial charge on any atom is -0.393 e. The third-order valence-electron chi connectivity index (χ3n) is 14.7. The minimum atomic E-state index is -0.120. The topological polar surface area (TPSA) is 29.5 Å². The molecule has 7 rings (SSSR count). The summed E-state index contributed by atoms with van der Waals surface area (Å²) in [6.07, 6.45) is 13.7. The van der Waals surface area contributed by atoms with Crippen LogP contribution in [0.3, 0.4) is 0 Å². The maximum absolute atomic E-state index is 10.9. The molecule has 5 saturated carbocycles. The molecule has 11 atom stereocenters. The average Bonchev–Trinajstić information content (AvgIpc) is 3.10. The van der Waals surface area contributed by atoms with Crippen LogP contribution in [0.4, 0.5) is 0 Å². The van der Waals surface area contributed by atoms with Gasteiger partial charge in [-0.05, 0) is 115 Å². The fourth-order valence-corrected chi connectivity index (χ4v) is 13.0. The third-order valence-corrected chi connectivity index (χ3v) is 14.7. The van der Waals surface area contributed by atoms with Crippen molar-refractivity contribution in [3.63, 3.8) is 0 Å². The highest BCUT2D eigenvalue weighted by Crippen LogP contribution is 2.87. The molecule has 32 heavy (non-hydrogen) atoms. The number of aliphatic hydroxyl groups is 1. The molecular formula is C30H48O2. The second-order valence-electron chi connectivity index (χ2n) is 16.1. The zero-order chi connectivity index (χ0) is 22.7. The first-order valence-electron chi connectivity index (χ1n) is 14.1. The molecule has 7 aliphatic rings. The Labute approximate surface area is 196 Å². The van der Waals surface area contributed by atoms with Crippen LogP contribution in [0.1, 0.15) is 113 Å². The van der Waals surface area contributed by atoms with Gasteiger partial charge in [-0.2, -0.15) is 0 Å². The van der Waals surface area contributed by atoms with Crippen molar-refractivity contribution < 1.29 is 9.84 Å². The maximum Gasteiger partial charge on any atom is 0.0760 e. The minimum absolute atomic E-state index is 0.0611. The van der Waals surface area contributed by atoms with Crippen molar-refractivity contribution >= 4 is 0 Å². The van der Waals surface area contributed by atoms with Gasteiger partial charge in [0.2, 0.25) is 0 Å². The standard InChI is InChI=1S/C30H48O2/c1-24(2)16-30-17-29(30)15-14-27(6)18(22(29)23(24)32-30)8-9-20-26(5)12-11-21(31)25(3,4)19(26)10-13-28(20,27)7/h18-23,31H,8-17H2,1-7H3/t18?,19?,20?,21-,22?,23?,26-,27-,28+,29?,30?/m0/s1. The van der Waals surface area contributed by atoms with Crippen molar-refractivity contribution in [2.45, 2.75) is 130 Å². The summed E-state index contributed by atoms with van der Waals surface area (Å²) in [4.78, 5) is 0. The van der Waals surface area contributed by atoms with E-state index in [4.69, 9.17) is 4.74 Å². The van der Waals surface area contributed by atoms with E-state index in [0.29, 0.717) is 39.1 Å². The van der Waals surface area contributed by atoms with Crippen LogP contribution in [0, 0.1) is 56.2 Å². The van der Waals surface area contributed by atoms with Crippen molar-refractivity contribution in [3.05, 3.63) is 0 Å². The highest BCUT2D eigenvalue weighted by Gasteiger charge is 2.87. The summed E-state index contributed by atoms with van der Waals surface area (Å²) in [6, 6.07) is 0. The van der Waals surface area contributed by atoms with E-state index < -0.39 is 0 Å². The van der Waals surface area contributed by atoms with Gasteiger partial charge in [-0.15, -0.1) is 0 Å². The summed E-state index contributed by atoms with van der Waals surface area (Å²) in [5, 5.41) is 10.9. The van der Waals surface area contributed by atoms with E-state index in [1.165, 1.54) is 57.8 Å². The first-order chi connectivity index (χ1) is 14.8. The molecule has 7 unspecified atom stereocenters. The molecule has 5 aliphatic carbocycles. The van der Waals surface area contributed by atoms with E-state index in [9.17, 15) is 5.11 Å². The number of rotatable bonds is 0. The second kappa shape index (κ2) is 5.50. The van der Waals surface area contributed by atoms with Crippen LogP contribution in [0.2, 0.25) is 0 Å². The van der Waals surface area contributed by atoms with Gasteiger partial charge in [0.15, 0.2) is 0 Å². The Morgan fingerprint density at radius 1 is 0.719 bits per heavy atom. The normalized spacial score (nSPS) is 65.2. The van der Waals surface area contributed by atoms with Gasteiger partial charge in [-0.3, -0.25) is 0 Å². The van der Waals surface area contributed by atoms with Gasteiger partial charge in [0.05, 0.1) is 17.8 Å². The number of aliphatic hydroxyl groups excluding tert-OH is 1. The fourth-order valence-electron chi connectivity index (χ4n) is 13.0. The molecular weight excluding hydrogens is 392 g/mol. The molecule has 7 fully saturated rings. The summed E-state index contributed by atoms with van der Waals surface area (Å²) < 4.78 is 6.97. The van der Waals surface area contributed by atoms with Crippen molar-refractivity contribution in [2.75, 3.05) is 0 Å². The van der Waals surface area contributed by atoms with Crippen LogP contribution in [-0.4, -0.2) is 22.9 Å². The average molecular weight is 441 g/mol. The van der Waals surface area contributed by atoms with Gasteiger partial charge in [0.25, 0.3) is 0 Å². The molecule has 2 spiro atoms. The maximum atomic E-state index is 10.9. The lowest BCUT2D eigenvalue weighted by molar-refractivity contribution is -0.246. The molecule has 0 amide bonds. The van der Waals surface area contributed by atoms with Crippen molar-refractivity contribution in [3.8, 4) is 0 Å². The van der Waals surface area contributed by atoms with Gasteiger partial charge < -0.3 is 9.84 Å². The summed E-state index contributed by atoms with van der Waals surface area (Å²) in [5.41, 5.74) is 2.54. The van der Waals surface area contributed by atoms with Gasteiger partial charge >= 0.3 is 0 Å². The number of hydrogen-bond acceptors (Lipinski definition) is 2. The van der Waals surface area contributed by atoms with Crippen molar-refractivity contribution in [1.29, 1.82) is 0 Å². The predicted molar refractivity (Wildman–Crippen MR) is 128 cm³/mol. The van der Waals surface area contributed by atoms with Gasteiger partial charge in [-0.1, -0.05) is 48.5 Å². The molecule has 2 aliphatic heterocycles. The summed E-state index contributed by atoms with van der Waals surface area (Å²) >= 11 is 0. The Balaban J connectivity index is 1.28. The van der Waals surface area contributed by atoms with E-state index in [2.05, 4.69) is 48.5 Å². The third kappa shape index (κ3) is 1.96. The Kier molecular flexibility index (Phi) is 3.65. The number of fused-ring (bicyclic) bond motifs is 8. The molecule has 1 N–H and O–H groups in total. The van der Waals surface area contributed by atoms with Crippen molar-refractivity contribution in [1.82, 2.24) is 0 Å². The van der Waals surface area contributed by atoms with Crippen LogP contribution in [0.5, 0.6) is 0 Å². The van der Waals surface area contributed by atoms with Gasteiger partial charge in [0.1, 0.15) is 0 Å². The molecule has 2 heterocycles. The SMILES string of the molecule is CC1(C)CC23CC24CC[C@@]2(C)C(CCC5[C@@]6(C)CC[C@H](O)C(C)(C)C6CC[C@]52C)C4C1O3. The summed E-state index contributed by atoms with van der Waals surface area (Å²) in [6.45, 7) is 17.9. The van der Waals surface area contributed by atoms with E-state index >= 15 is 0 Å². The van der Waals surface area contributed by atoms with E-state index in [1.54, 1.807) is 0 Å². The van der Waals surface area contributed by atoms with E-state index in [-0.39, 0.29) is 17.1 Å². The highest BCUT2D eigenvalue weighted by molar-refractivity contribution is 5.35. The van der Waals surface area contributed by atoms with Crippen LogP contribution >= 0.6 is 0 Å². The summed E-state index contributed by atoms with van der Waals surface area (Å²) in [5.74, 6) is 3.16. The second-order valence-corrected chi connectivity index (χ2v) is 16.1. The molecule has 0 aromatic heterocycles. The lowest BCUT2D eigenvalue weighted by Crippen LogP contribution is -2.67. The van der Waals surface area contributed by atoms with Crippen LogP contribution in [-0.2, 0) is 4.74 Å². The van der Waals surface area contributed by atoms with Crippen LogP contribution in [0.25, 0.3) is 0 Å². The molecule has 180 valence electrons. The Hall–Kier alpha value is -0.0800. The quantitative estimate of drug-likeness (QED) is 0.440. The largest absolute Gasteiger partial charge is 0.393 e. The zero-order valence-electron chi connectivity index (χ0n) is 21.9. The lowest BCUT2D eigenvalue weighted by atomic mass is 9.32.